The summed E-state index contributed by atoms with van der Waals surface area (Å²) in [7, 11) is 0. The van der Waals surface area contributed by atoms with Gasteiger partial charge < -0.3 is 15.1 Å². The highest BCUT2D eigenvalue weighted by atomic mass is 35.5. The molecule has 1 aromatic carbocycles. The summed E-state index contributed by atoms with van der Waals surface area (Å²) in [6.45, 7) is 7.47. The number of thioether (sulfide) groups is 1. The van der Waals surface area contributed by atoms with Gasteiger partial charge in [0.1, 0.15) is 11.4 Å². The molecule has 2 atom stereocenters. The average molecular weight is 410 g/mol. The van der Waals surface area contributed by atoms with Crippen LogP contribution in [0.1, 0.15) is 37.6 Å². The Labute approximate surface area is 170 Å². The van der Waals surface area contributed by atoms with Gasteiger partial charge in [-0.25, -0.2) is 0 Å². The Morgan fingerprint density at radius 2 is 1.96 bits per heavy atom. The molecule has 2 aliphatic rings. The van der Waals surface area contributed by atoms with E-state index >= 15 is 0 Å². The number of likely N-dealkylation sites (tertiary alicyclic amines) is 1. The standard InChI is InChI=1S/C20H28ClN3O2S/c1-14(2)19(26)24-17(18(25)22-9-12-23-10-5-6-11-23)13-27-20(24)15-7-3-4-8-16(15)21/h3-4,7-8,14,17,20H,5-6,9-13H2,1-2H3,(H,22,25)/t17-,20-/m0/s1. The lowest BCUT2D eigenvalue weighted by Crippen LogP contribution is -2.50. The smallest absolute Gasteiger partial charge is 0.243 e. The van der Waals surface area contributed by atoms with Gasteiger partial charge in [-0.05, 0) is 32.0 Å². The van der Waals surface area contributed by atoms with Crippen molar-refractivity contribution in [1.29, 1.82) is 0 Å². The van der Waals surface area contributed by atoms with Crippen LogP contribution >= 0.6 is 23.4 Å². The van der Waals surface area contributed by atoms with Gasteiger partial charge >= 0.3 is 0 Å². The van der Waals surface area contributed by atoms with Crippen LogP contribution in [-0.4, -0.2) is 59.6 Å². The number of nitrogens with one attached hydrogen (secondary N) is 1. The van der Waals surface area contributed by atoms with E-state index in [1.807, 2.05) is 38.1 Å². The Morgan fingerprint density at radius 1 is 1.26 bits per heavy atom. The van der Waals surface area contributed by atoms with Crippen LogP contribution in [-0.2, 0) is 9.59 Å². The molecule has 27 heavy (non-hydrogen) atoms. The fourth-order valence-electron chi connectivity index (χ4n) is 3.65. The van der Waals surface area contributed by atoms with Crippen LogP contribution in [0.15, 0.2) is 24.3 Å². The van der Waals surface area contributed by atoms with Crippen molar-refractivity contribution in [3.05, 3.63) is 34.9 Å². The van der Waals surface area contributed by atoms with Gasteiger partial charge in [-0.3, -0.25) is 9.59 Å². The van der Waals surface area contributed by atoms with E-state index in [1.165, 1.54) is 12.8 Å². The van der Waals surface area contributed by atoms with Crippen molar-refractivity contribution in [1.82, 2.24) is 15.1 Å². The van der Waals surface area contributed by atoms with E-state index in [0.717, 1.165) is 25.2 Å². The monoisotopic (exact) mass is 409 g/mol. The first-order valence-electron chi connectivity index (χ1n) is 9.67. The summed E-state index contributed by atoms with van der Waals surface area (Å²) in [6, 6.07) is 7.11. The van der Waals surface area contributed by atoms with Crippen LogP contribution < -0.4 is 5.32 Å². The summed E-state index contributed by atoms with van der Waals surface area (Å²) in [5.74, 6) is 0.340. The second-order valence-corrected chi connectivity index (χ2v) is 8.98. The third kappa shape index (κ3) is 4.79. The van der Waals surface area contributed by atoms with Crippen molar-refractivity contribution in [3.63, 3.8) is 0 Å². The second kappa shape index (κ2) is 9.30. The zero-order chi connectivity index (χ0) is 19.4. The minimum atomic E-state index is -0.454. The molecule has 148 valence electrons. The molecule has 0 spiro atoms. The molecular formula is C20H28ClN3O2S. The van der Waals surface area contributed by atoms with Gasteiger partial charge in [0.25, 0.3) is 0 Å². The van der Waals surface area contributed by atoms with Crippen molar-refractivity contribution in [2.24, 2.45) is 5.92 Å². The lowest BCUT2D eigenvalue weighted by Gasteiger charge is -2.31. The normalized spacial score (nSPS) is 23.2. The molecule has 3 rings (SSSR count). The van der Waals surface area contributed by atoms with E-state index < -0.39 is 6.04 Å². The molecule has 2 heterocycles. The lowest BCUT2D eigenvalue weighted by atomic mass is 10.1. The maximum atomic E-state index is 12.9. The van der Waals surface area contributed by atoms with E-state index in [2.05, 4.69) is 10.2 Å². The third-order valence-corrected chi connectivity index (χ3v) is 6.80. The first kappa shape index (κ1) is 20.5. The Kier molecular flexibility index (Phi) is 7.06. The number of carbonyl (C=O) groups is 2. The van der Waals surface area contributed by atoms with Crippen LogP contribution in [0.25, 0.3) is 0 Å². The maximum Gasteiger partial charge on any atom is 0.243 e. The first-order valence-corrected chi connectivity index (χ1v) is 11.1. The average Bonchev–Trinajstić information content (AvgIpc) is 3.31. The molecule has 0 aromatic heterocycles. The summed E-state index contributed by atoms with van der Waals surface area (Å²) in [4.78, 5) is 29.9. The molecule has 2 fully saturated rings. The van der Waals surface area contributed by atoms with Gasteiger partial charge in [0.2, 0.25) is 11.8 Å². The van der Waals surface area contributed by atoms with Gasteiger partial charge in [0, 0.05) is 35.3 Å². The minimum Gasteiger partial charge on any atom is -0.353 e. The summed E-state index contributed by atoms with van der Waals surface area (Å²) in [5, 5.41) is 3.45. The summed E-state index contributed by atoms with van der Waals surface area (Å²) < 4.78 is 0. The van der Waals surface area contributed by atoms with E-state index in [-0.39, 0.29) is 23.1 Å². The van der Waals surface area contributed by atoms with E-state index in [1.54, 1.807) is 16.7 Å². The zero-order valence-electron chi connectivity index (χ0n) is 16.0. The number of amides is 2. The number of benzene rings is 1. The quantitative estimate of drug-likeness (QED) is 0.784. The van der Waals surface area contributed by atoms with Crippen LogP contribution in [0, 0.1) is 5.92 Å². The van der Waals surface area contributed by atoms with Crippen molar-refractivity contribution >= 4 is 35.2 Å². The Bertz CT molecular complexity index is 679. The molecule has 7 heteroatoms. The number of carbonyl (C=O) groups excluding carboxylic acids is 2. The number of halogens is 1. The molecule has 5 nitrogen and oxygen atoms in total. The van der Waals surface area contributed by atoms with Gasteiger partial charge in [0.15, 0.2) is 0 Å². The molecule has 0 unspecified atom stereocenters. The van der Waals surface area contributed by atoms with E-state index in [0.29, 0.717) is 17.3 Å². The third-order valence-electron chi connectivity index (χ3n) is 5.15. The Balaban J connectivity index is 1.70. The topological polar surface area (TPSA) is 52.7 Å². The van der Waals surface area contributed by atoms with Gasteiger partial charge in [0.05, 0.1) is 0 Å². The highest BCUT2D eigenvalue weighted by Gasteiger charge is 2.43. The molecule has 0 aliphatic carbocycles. The summed E-state index contributed by atoms with van der Waals surface area (Å²) in [5.41, 5.74) is 0.894. The van der Waals surface area contributed by atoms with Crippen LogP contribution in [0.4, 0.5) is 0 Å². The van der Waals surface area contributed by atoms with Gasteiger partial charge in [-0.2, -0.15) is 0 Å². The number of rotatable bonds is 6. The number of nitrogens with zero attached hydrogens (tertiary/aromatic N) is 2. The maximum absolute atomic E-state index is 12.9. The van der Waals surface area contributed by atoms with E-state index in [9.17, 15) is 9.59 Å². The number of hydrogen-bond acceptors (Lipinski definition) is 4. The van der Waals surface area contributed by atoms with Crippen molar-refractivity contribution < 1.29 is 9.59 Å². The Morgan fingerprint density at radius 3 is 2.63 bits per heavy atom. The molecular weight excluding hydrogens is 382 g/mol. The van der Waals surface area contributed by atoms with Crippen molar-refractivity contribution in [3.8, 4) is 0 Å². The molecule has 1 aromatic rings. The largest absolute Gasteiger partial charge is 0.353 e. The van der Waals surface area contributed by atoms with E-state index in [4.69, 9.17) is 11.6 Å². The second-order valence-electron chi connectivity index (χ2n) is 7.46. The molecule has 0 radical (unpaired) electrons. The summed E-state index contributed by atoms with van der Waals surface area (Å²) in [6.07, 6.45) is 2.48. The molecule has 2 saturated heterocycles. The SMILES string of the molecule is CC(C)C(=O)N1[C@H](C(=O)NCCN2CCCC2)CS[C@H]1c1ccccc1Cl. The molecule has 2 amide bonds. The fourth-order valence-corrected chi connectivity index (χ4v) is 5.43. The highest BCUT2D eigenvalue weighted by Crippen LogP contribution is 2.44. The minimum absolute atomic E-state index is 0.00962. The molecule has 2 aliphatic heterocycles. The molecule has 1 N–H and O–H groups in total. The van der Waals surface area contributed by atoms with Crippen molar-refractivity contribution in [2.45, 2.75) is 38.1 Å². The van der Waals surface area contributed by atoms with Crippen LogP contribution in [0.3, 0.4) is 0 Å². The van der Waals surface area contributed by atoms with Crippen LogP contribution in [0.5, 0.6) is 0 Å². The van der Waals surface area contributed by atoms with Gasteiger partial charge in [-0.1, -0.05) is 43.6 Å². The lowest BCUT2D eigenvalue weighted by molar-refractivity contribution is -0.142. The highest BCUT2D eigenvalue weighted by molar-refractivity contribution is 7.99. The zero-order valence-corrected chi connectivity index (χ0v) is 17.6. The number of hydrogen-bond donors (Lipinski definition) is 1. The molecule has 0 bridgehead atoms. The van der Waals surface area contributed by atoms with Crippen LogP contribution in [0.2, 0.25) is 5.02 Å². The van der Waals surface area contributed by atoms with Crippen molar-refractivity contribution in [2.75, 3.05) is 31.9 Å². The Hall–Kier alpha value is -1.24. The molecule has 0 saturated carbocycles. The predicted molar refractivity (Wildman–Crippen MR) is 111 cm³/mol. The van der Waals surface area contributed by atoms with Gasteiger partial charge in [-0.15, -0.1) is 11.8 Å². The summed E-state index contributed by atoms with van der Waals surface area (Å²) >= 11 is 7.99. The first-order chi connectivity index (χ1) is 13.0. The predicted octanol–water partition coefficient (Wildman–Crippen LogP) is 3.15. The fraction of sp³-hybridized carbons (Fsp3) is 0.600.